The monoisotopic (exact) mass is 689 g/mol. The SMILES string of the molecule is Cc1c(C(=O)N[C@H]2CCC[C@@H](C)C(=O)Nc3cc(NC(=O)CC(=O)OC(C)(C)C)ccc3-c3ccnc2c3)nnn1-c1cccc(Cl)c1F. The molecule has 3 N–H and O–H groups in total. The van der Waals surface area contributed by atoms with Crippen molar-refractivity contribution in [2.45, 2.75) is 71.9 Å². The Bertz CT molecular complexity index is 1920. The van der Waals surface area contributed by atoms with Crippen molar-refractivity contribution in [1.29, 1.82) is 0 Å². The quantitative estimate of drug-likeness (QED) is 0.157. The molecule has 256 valence electrons. The van der Waals surface area contributed by atoms with Crippen molar-refractivity contribution in [3.63, 3.8) is 0 Å². The van der Waals surface area contributed by atoms with Gasteiger partial charge in [0.15, 0.2) is 11.5 Å². The van der Waals surface area contributed by atoms with Gasteiger partial charge in [-0.3, -0.25) is 24.2 Å². The Morgan fingerprint density at radius 2 is 1.90 bits per heavy atom. The third-order valence-electron chi connectivity index (χ3n) is 7.89. The van der Waals surface area contributed by atoms with E-state index in [0.29, 0.717) is 53.2 Å². The van der Waals surface area contributed by atoms with Crippen LogP contribution in [-0.2, 0) is 19.1 Å². The summed E-state index contributed by atoms with van der Waals surface area (Å²) in [6.45, 7) is 8.58. The van der Waals surface area contributed by atoms with Crippen molar-refractivity contribution in [2.24, 2.45) is 5.92 Å². The molecule has 14 heteroatoms. The molecule has 3 amide bonds. The van der Waals surface area contributed by atoms with Crippen LogP contribution in [0.1, 0.15) is 81.3 Å². The maximum Gasteiger partial charge on any atom is 0.315 e. The number of pyridine rings is 1. The highest BCUT2D eigenvalue weighted by Crippen LogP contribution is 2.34. The van der Waals surface area contributed by atoms with Crippen LogP contribution < -0.4 is 16.0 Å². The number of hydrogen-bond acceptors (Lipinski definition) is 8. The van der Waals surface area contributed by atoms with Crippen molar-refractivity contribution < 1.29 is 28.3 Å². The minimum absolute atomic E-state index is 0.0148. The number of fused-ring (bicyclic) bond motifs is 4. The molecule has 2 aromatic carbocycles. The second kappa shape index (κ2) is 14.5. The molecule has 2 atom stereocenters. The summed E-state index contributed by atoms with van der Waals surface area (Å²) in [4.78, 5) is 56.2. The number of nitrogens with zero attached hydrogens (tertiary/aromatic N) is 4. The summed E-state index contributed by atoms with van der Waals surface area (Å²) in [5.74, 6) is -3.00. The number of carbonyl (C=O) groups excluding carboxylic acids is 4. The van der Waals surface area contributed by atoms with E-state index in [1.807, 2.05) is 13.0 Å². The van der Waals surface area contributed by atoms with Crippen LogP contribution in [0, 0.1) is 18.7 Å². The smallest absolute Gasteiger partial charge is 0.315 e. The van der Waals surface area contributed by atoms with E-state index in [9.17, 15) is 23.6 Å². The van der Waals surface area contributed by atoms with Crippen LogP contribution in [0.25, 0.3) is 16.8 Å². The second-order valence-electron chi connectivity index (χ2n) is 12.9. The Morgan fingerprint density at radius 1 is 1.12 bits per heavy atom. The van der Waals surface area contributed by atoms with Gasteiger partial charge < -0.3 is 20.7 Å². The molecular weight excluding hydrogens is 653 g/mol. The number of benzene rings is 2. The summed E-state index contributed by atoms with van der Waals surface area (Å²) in [6, 6.07) is 12.6. The average Bonchev–Trinajstić information content (AvgIpc) is 3.41. The normalized spacial score (nSPS) is 16.3. The summed E-state index contributed by atoms with van der Waals surface area (Å²) >= 11 is 5.95. The Kier molecular flexibility index (Phi) is 10.4. The zero-order chi connectivity index (χ0) is 35.5. The van der Waals surface area contributed by atoms with Crippen molar-refractivity contribution in [1.82, 2.24) is 25.3 Å². The zero-order valence-electron chi connectivity index (χ0n) is 27.8. The number of ether oxygens (including phenoxy) is 1. The van der Waals surface area contributed by atoms with Crippen LogP contribution in [0.3, 0.4) is 0 Å². The van der Waals surface area contributed by atoms with Crippen molar-refractivity contribution in [3.8, 4) is 16.8 Å². The molecular formula is C35H37ClFN7O5. The number of nitrogens with one attached hydrogen (secondary N) is 3. The second-order valence-corrected chi connectivity index (χ2v) is 13.3. The molecule has 2 bridgehead atoms. The number of carbonyl (C=O) groups is 4. The predicted molar refractivity (Wildman–Crippen MR) is 182 cm³/mol. The maximum absolute atomic E-state index is 14.7. The van der Waals surface area contributed by atoms with E-state index < -0.39 is 41.7 Å². The number of esters is 1. The van der Waals surface area contributed by atoms with E-state index in [-0.39, 0.29) is 28.2 Å². The first kappa shape index (κ1) is 35.1. The molecule has 0 saturated heterocycles. The third-order valence-corrected chi connectivity index (χ3v) is 8.18. The van der Waals surface area contributed by atoms with E-state index in [2.05, 4.69) is 31.2 Å². The summed E-state index contributed by atoms with van der Waals surface area (Å²) in [5, 5.41) is 16.7. The third kappa shape index (κ3) is 8.47. The van der Waals surface area contributed by atoms with Crippen LogP contribution in [0.4, 0.5) is 15.8 Å². The van der Waals surface area contributed by atoms with Gasteiger partial charge in [-0.05, 0) is 82.5 Å². The van der Waals surface area contributed by atoms with E-state index in [0.717, 1.165) is 0 Å². The number of anilines is 2. The molecule has 0 fully saturated rings. The van der Waals surface area contributed by atoms with Crippen LogP contribution in [0.15, 0.2) is 54.7 Å². The van der Waals surface area contributed by atoms with Gasteiger partial charge in [0.2, 0.25) is 11.8 Å². The lowest BCUT2D eigenvalue weighted by Gasteiger charge is -2.22. The van der Waals surface area contributed by atoms with Gasteiger partial charge in [0.1, 0.15) is 17.7 Å². The van der Waals surface area contributed by atoms with E-state index >= 15 is 0 Å². The first-order valence-corrected chi connectivity index (χ1v) is 16.2. The fraction of sp³-hybridized carbons (Fsp3) is 0.343. The highest BCUT2D eigenvalue weighted by Gasteiger charge is 2.26. The van der Waals surface area contributed by atoms with Crippen molar-refractivity contribution in [2.75, 3.05) is 10.6 Å². The summed E-state index contributed by atoms with van der Waals surface area (Å²) < 4.78 is 21.2. The van der Waals surface area contributed by atoms with Gasteiger partial charge in [-0.1, -0.05) is 42.3 Å². The van der Waals surface area contributed by atoms with Crippen LogP contribution in [0.2, 0.25) is 5.02 Å². The Balaban J connectivity index is 1.42. The van der Waals surface area contributed by atoms with Crippen LogP contribution in [0.5, 0.6) is 0 Å². The first-order chi connectivity index (χ1) is 23.2. The largest absolute Gasteiger partial charge is 0.460 e. The number of rotatable bonds is 6. The fourth-order valence-corrected chi connectivity index (χ4v) is 5.63. The van der Waals surface area contributed by atoms with Gasteiger partial charge in [0.05, 0.1) is 28.1 Å². The van der Waals surface area contributed by atoms with Crippen LogP contribution in [-0.4, -0.2) is 49.3 Å². The van der Waals surface area contributed by atoms with Gasteiger partial charge in [0, 0.05) is 23.4 Å². The minimum atomic E-state index is -0.724. The molecule has 0 spiro atoms. The van der Waals surface area contributed by atoms with Gasteiger partial charge in [-0.25, -0.2) is 9.07 Å². The van der Waals surface area contributed by atoms with Crippen LogP contribution >= 0.6 is 11.6 Å². The lowest BCUT2D eigenvalue weighted by Crippen LogP contribution is -2.30. The molecule has 1 aliphatic rings. The molecule has 3 heterocycles. The van der Waals surface area contributed by atoms with E-state index in [1.165, 1.54) is 16.8 Å². The van der Waals surface area contributed by atoms with Gasteiger partial charge in [-0.2, -0.15) is 0 Å². The highest BCUT2D eigenvalue weighted by atomic mass is 35.5. The van der Waals surface area contributed by atoms with Gasteiger partial charge in [-0.15, -0.1) is 5.10 Å². The molecule has 0 aliphatic carbocycles. The standard InChI is InChI=1S/C35H37ClFN7O5/c1-19-8-6-10-25(40-34(48)32-20(2)44(43-42-32)28-11-7-9-24(36)31(28)37)27-16-21(14-15-38-27)23-13-12-22(17-26(23)41-33(19)47)39-29(45)18-30(46)49-35(3,4)5/h7,9,11-17,19,25H,6,8,10,18H2,1-5H3,(H,39,45)(H,40,48)(H,41,47)/t19-,25+/m1/s1. The summed E-state index contributed by atoms with van der Waals surface area (Å²) in [7, 11) is 0. The van der Waals surface area contributed by atoms with E-state index in [4.69, 9.17) is 16.3 Å². The molecule has 0 saturated carbocycles. The summed E-state index contributed by atoms with van der Waals surface area (Å²) in [6.07, 6.45) is 2.72. The van der Waals surface area contributed by atoms with Crippen molar-refractivity contribution >= 4 is 46.7 Å². The molecule has 4 aromatic rings. The Morgan fingerprint density at radius 3 is 2.65 bits per heavy atom. The molecule has 49 heavy (non-hydrogen) atoms. The Labute approximate surface area is 287 Å². The average molecular weight is 690 g/mol. The Hall–Kier alpha value is -5.17. The number of hydrogen-bond donors (Lipinski definition) is 3. The number of halogens is 2. The fourth-order valence-electron chi connectivity index (χ4n) is 5.46. The predicted octanol–water partition coefficient (Wildman–Crippen LogP) is 6.33. The molecule has 0 unspecified atom stereocenters. The first-order valence-electron chi connectivity index (χ1n) is 15.8. The van der Waals surface area contributed by atoms with E-state index in [1.54, 1.807) is 64.2 Å². The zero-order valence-corrected chi connectivity index (χ0v) is 28.5. The lowest BCUT2D eigenvalue weighted by atomic mass is 9.95. The molecule has 2 aromatic heterocycles. The topological polar surface area (TPSA) is 157 Å². The number of aromatic nitrogens is 4. The molecule has 1 aliphatic heterocycles. The molecule has 0 radical (unpaired) electrons. The summed E-state index contributed by atoms with van der Waals surface area (Å²) in [5.41, 5.74) is 2.45. The maximum atomic E-state index is 14.7. The van der Waals surface area contributed by atoms with Gasteiger partial charge >= 0.3 is 5.97 Å². The highest BCUT2D eigenvalue weighted by molar-refractivity contribution is 6.30. The lowest BCUT2D eigenvalue weighted by molar-refractivity contribution is -0.155. The van der Waals surface area contributed by atoms with Gasteiger partial charge in [0.25, 0.3) is 5.91 Å². The molecule has 5 rings (SSSR count). The molecule has 12 nitrogen and oxygen atoms in total. The van der Waals surface area contributed by atoms with Crippen molar-refractivity contribution in [3.05, 3.63) is 82.6 Å². The minimum Gasteiger partial charge on any atom is -0.460 e. The number of amides is 3.